The van der Waals surface area contributed by atoms with E-state index < -0.39 is 0 Å². The number of benzene rings is 2. The molecule has 2 aromatic carbocycles. The number of carbonyl (C=O) groups excluding carboxylic acids is 1. The van der Waals surface area contributed by atoms with Gasteiger partial charge in [0.15, 0.2) is 11.5 Å². The lowest BCUT2D eigenvalue weighted by Gasteiger charge is -2.17. The maximum Gasteiger partial charge on any atom is 0.238 e. The van der Waals surface area contributed by atoms with Gasteiger partial charge in [-0.2, -0.15) is 0 Å². The van der Waals surface area contributed by atoms with Gasteiger partial charge in [-0.05, 0) is 24.7 Å². The van der Waals surface area contributed by atoms with E-state index in [9.17, 15) is 4.79 Å². The molecule has 1 heterocycles. The zero-order valence-corrected chi connectivity index (χ0v) is 15.9. The molecule has 2 aromatic rings. The molecule has 26 heavy (non-hydrogen) atoms. The van der Waals surface area contributed by atoms with E-state index in [1.54, 1.807) is 12.1 Å². The predicted molar refractivity (Wildman–Crippen MR) is 103 cm³/mol. The van der Waals surface area contributed by atoms with E-state index in [0.29, 0.717) is 47.0 Å². The second kappa shape index (κ2) is 8.62. The molecule has 5 nitrogen and oxygen atoms in total. The summed E-state index contributed by atoms with van der Waals surface area (Å²) in [4.78, 5) is 14.3. The van der Waals surface area contributed by atoms with E-state index in [-0.39, 0.29) is 12.5 Å². The molecule has 1 aliphatic heterocycles. The summed E-state index contributed by atoms with van der Waals surface area (Å²) >= 11 is 12.2. The van der Waals surface area contributed by atoms with Gasteiger partial charge in [0.2, 0.25) is 5.91 Å². The lowest BCUT2D eigenvalue weighted by molar-refractivity contribution is -0.117. The fourth-order valence-corrected chi connectivity index (χ4v) is 3.00. The van der Waals surface area contributed by atoms with E-state index in [1.165, 1.54) is 0 Å². The van der Waals surface area contributed by atoms with Crippen LogP contribution in [0.3, 0.4) is 0 Å². The number of amides is 1. The van der Waals surface area contributed by atoms with Gasteiger partial charge < -0.3 is 14.8 Å². The van der Waals surface area contributed by atoms with Gasteiger partial charge in [-0.3, -0.25) is 9.69 Å². The van der Waals surface area contributed by atoms with Crippen LogP contribution in [0.2, 0.25) is 10.0 Å². The van der Waals surface area contributed by atoms with Crippen LogP contribution in [-0.2, 0) is 11.3 Å². The van der Waals surface area contributed by atoms with Gasteiger partial charge in [0, 0.05) is 30.1 Å². The van der Waals surface area contributed by atoms with Crippen molar-refractivity contribution in [1.29, 1.82) is 0 Å². The Morgan fingerprint density at radius 1 is 1.12 bits per heavy atom. The second-order valence-electron chi connectivity index (χ2n) is 6.18. The Hall–Kier alpha value is -1.95. The molecule has 0 saturated heterocycles. The van der Waals surface area contributed by atoms with Crippen LogP contribution in [0.15, 0.2) is 36.4 Å². The number of hydrogen-bond donors (Lipinski definition) is 1. The van der Waals surface area contributed by atoms with Crippen molar-refractivity contribution in [2.24, 2.45) is 0 Å². The summed E-state index contributed by atoms with van der Waals surface area (Å²) in [5.41, 5.74) is 1.60. The number of hydrogen-bond acceptors (Lipinski definition) is 4. The minimum absolute atomic E-state index is 0.155. The van der Waals surface area contributed by atoms with Gasteiger partial charge in [0.05, 0.1) is 30.5 Å². The number of nitrogens with one attached hydrogen (secondary N) is 1. The Labute approximate surface area is 162 Å². The van der Waals surface area contributed by atoms with Crippen molar-refractivity contribution in [3.8, 4) is 11.5 Å². The van der Waals surface area contributed by atoms with Crippen molar-refractivity contribution < 1.29 is 14.3 Å². The fourth-order valence-electron chi connectivity index (χ4n) is 2.67. The average molecular weight is 395 g/mol. The first-order chi connectivity index (χ1) is 12.5. The first-order valence-corrected chi connectivity index (χ1v) is 9.09. The van der Waals surface area contributed by atoms with Gasteiger partial charge in [-0.25, -0.2) is 0 Å². The molecule has 0 unspecified atom stereocenters. The minimum atomic E-state index is -0.155. The Morgan fingerprint density at radius 2 is 1.77 bits per heavy atom. The molecule has 0 fully saturated rings. The van der Waals surface area contributed by atoms with Crippen LogP contribution >= 0.6 is 23.2 Å². The molecular weight excluding hydrogens is 375 g/mol. The first-order valence-electron chi connectivity index (χ1n) is 8.33. The molecule has 0 aliphatic carbocycles. The van der Waals surface area contributed by atoms with E-state index >= 15 is 0 Å². The number of anilines is 1. The number of ether oxygens (including phenoxy) is 2. The predicted octanol–water partition coefficient (Wildman–Crippen LogP) is 4.23. The molecule has 3 rings (SSSR count). The van der Waals surface area contributed by atoms with Gasteiger partial charge in [-0.1, -0.05) is 35.3 Å². The van der Waals surface area contributed by atoms with Crippen LogP contribution in [0.25, 0.3) is 0 Å². The van der Waals surface area contributed by atoms with E-state index in [0.717, 1.165) is 12.0 Å². The molecule has 0 radical (unpaired) electrons. The van der Waals surface area contributed by atoms with Crippen LogP contribution in [0.5, 0.6) is 11.5 Å². The van der Waals surface area contributed by atoms with Gasteiger partial charge in [0.25, 0.3) is 0 Å². The smallest absolute Gasteiger partial charge is 0.238 e. The van der Waals surface area contributed by atoms with E-state index in [1.807, 2.05) is 36.2 Å². The molecule has 1 amide bonds. The molecule has 1 N–H and O–H groups in total. The van der Waals surface area contributed by atoms with Crippen LogP contribution in [0.4, 0.5) is 5.69 Å². The summed E-state index contributed by atoms with van der Waals surface area (Å²) in [6.45, 7) is 2.03. The quantitative estimate of drug-likeness (QED) is 0.824. The standard InChI is InChI=1S/C19H20Cl2N2O3/c1-23(11-13-3-5-14(20)6-4-13)12-19(24)22-16-10-18-17(9-15(16)21)25-7-2-8-26-18/h3-6,9-10H,2,7-8,11-12H2,1H3,(H,22,24). The van der Waals surface area contributed by atoms with Gasteiger partial charge in [0.1, 0.15) is 0 Å². The topological polar surface area (TPSA) is 50.8 Å². The largest absolute Gasteiger partial charge is 0.490 e. The molecule has 7 heteroatoms. The zero-order valence-electron chi connectivity index (χ0n) is 14.4. The number of carbonyl (C=O) groups is 1. The summed E-state index contributed by atoms with van der Waals surface area (Å²) in [5.74, 6) is 1.04. The SMILES string of the molecule is CN(CC(=O)Nc1cc2c(cc1Cl)OCCCO2)Cc1ccc(Cl)cc1. The number of halogens is 2. The number of nitrogens with zero attached hydrogens (tertiary/aromatic N) is 1. The monoisotopic (exact) mass is 394 g/mol. The van der Waals surface area contributed by atoms with Crippen molar-refractivity contribution in [3.05, 3.63) is 52.0 Å². The van der Waals surface area contributed by atoms with Gasteiger partial charge >= 0.3 is 0 Å². The first kappa shape index (κ1) is 18.8. The molecule has 0 aromatic heterocycles. The van der Waals surface area contributed by atoms with Crippen LogP contribution in [0.1, 0.15) is 12.0 Å². The highest BCUT2D eigenvalue weighted by Crippen LogP contribution is 2.37. The molecule has 0 atom stereocenters. The van der Waals surface area contributed by atoms with Crippen molar-refractivity contribution in [3.63, 3.8) is 0 Å². The summed E-state index contributed by atoms with van der Waals surface area (Å²) in [7, 11) is 1.88. The molecule has 0 saturated carbocycles. The molecule has 0 spiro atoms. The summed E-state index contributed by atoms with van der Waals surface area (Å²) in [6, 6.07) is 10.9. The Balaban J connectivity index is 1.60. The Morgan fingerprint density at radius 3 is 2.46 bits per heavy atom. The normalized spacial score (nSPS) is 13.4. The van der Waals surface area contributed by atoms with E-state index in [2.05, 4.69) is 5.32 Å². The lowest BCUT2D eigenvalue weighted by Crippen LogP contribution is -2.29. The fraction of sp³-hybridized carbons (Fsp3) is 0.316. The summed E-state index contributed by atoms with van der Waals surface area (Å²) in [6.07, 6.45) is 0.809. The van der Waals surface area contributed by atoms with Gasteiger partial charge in [-0.15, -0.1) is 0 Å². The second-order valence-corrected chi connectivity index (χ2v) is 7.02. The van der Waals surface area contributed by atoms with Crippen molar-refractivity contribution in [1.82, 2.24) is 4.90 Å². The van der Waals surface area contributed by atoms with E-state index in [4.69, 9.17) is 32.7 Å². The molecule has 0 bridgehead atoms. The van der Waals surface area contributed by atoms with Crippen molar-refractivity contribution >= 4 is 34.8 Å². The summed E-state index contributed by atoms with van der Waals surface area (Å²) < 4.78 is 11.2. The summed E-state index contributed by atoms with van der Waals surface area (Å²) in [5, 5.41) is 3.95. The maximum absolute atomic E-state index is 12.4. The third-order valence-corrected chi connectivity index (χ3v) is 4.46. The third-order valence-electron chi connectivity index (χ3n) is 3.89. The minimum Gasteiger partial charge on any atom is -0.490 e. The Bertz CT molecular complexity index is 781. The molecular formula is C19H20Cl2N2O3. The number of rotatable bonds is 5. The highest BCUT2D eigenvalue weighted by Gasteiger charge is 2.16. The molecule has 138 valence electrons. The Kier molecular flexibility index (Phi) is 6.25. The van der Waals surface area contributed by atoms with Crippen molar-refractivity contribution in [2.45, 2.75) is 13.0 Å². The highest BCUT2D eigenvalue weighted by atomic mass is 35.5. The third kappa shape index (κ3) is 5.04. The van der Waals surface area contributed by atoms with Crippen molar-refractivity contribution in [2.75, 3.05) is 32.1 Å². The lowest BCUT2D eigenvalue weighted by atomic mass is 10.2. The highest BCUT2D eigenvalue weighted by molar-refractivity contribution is 6.34. The zero-order chi connectivity index (χ0) is 18.5. The maximum atomic E-state index is 12.4. The number of likely N-dealkylation sites (N-methyl/N-ethyl adjacent to an activating group) is 1. The average Bonchev–Trinajstić information content (AvgIpc) is 2.82. The van der Waals surface area contributed by atoms with Crippen LogP contribution < -0.4 is 14.8 Å². The molecule has 1 aliphatic rings. The van der Waals surface area contributed by atoms with Crippen LogP contribution in [0, 0.1) is 0 Å². The number of fused-ring (bicyclic) bond motifs is 1. The van der Waals surface area contributed by atoms with Crippen LogP contribution in [-0.4, -0.2) is 37.6 Å².